The molecule has 5 rings (SSSR count). The SMILES string of the molecule is CC(C)[S+]([O-])c1ccc(-c2cnc(N)c(-c3cc(-c4ccc(CNC5CCOC5)cc4)no3)n2)cc1. The van der Waals surface area contributed by atoms with E-state index in [1.165, 1.54) is 5.56 Å². The molecule has 0 aliphatic carbocycles. The van der Waals surface area contributed by atoms with E-state index >= 15 is 0 Å². The first-order valence-corrected chi connectivity index (χ1v) is 13.2. The highest BCUT2D eigenvalue weighted by molar-refractivity contribution is 7.92. The molecule has 1 fully saturated rings. The number of benzene rings is 2. The van der Waals surface area contributed by atoms with Crippen LogP contribution in [0.25, 0.3) is 34.0 Å². The van der Waals surface area contributed by atoms with Crippen molar-refractivity contribution in [3.63, 3.8) is 0 Å². The normalized spacial score (nSPS) is 16.5. The Labute approximate surface area is 213 Å². The molecule has 2 unspecified atom stereocenters. The Bertz CT molecular complexity index is 1300. The molecule has 4 aromatic rings. The van der Waals surface area contributed by atoms with Gasteiger partial charge in [-0.2, -0.15) is 0 Å². The number of nitrogens with zero attached hydrogens (tertiary/aromatic N) is 3. The Balaban J connectivity index is 1.32. The van der Waals surface area contributed by atoms with E-state index in [1.807, 2.05) is 56.3 Å². The zero-order chi connectivity index (χ0) is 25.1. The first-order chi connectivity index (χ1) is 17.5. The number of anilines is 1. The molecule has 3 N–H and O–H groups in total. The van der Waals surface area contributed by atoms with E-state index in [2.05, 4.69) is 32.6 Å². The maximum Gasteiger partial charge on any atom is 0.189 e. The first-order valence-electron chi connectivity index (χ1n) is 12.0. The van der Waals surface area contributed by atoms with Crippen LogP contribution in [0.1, 0.15) is 25.8 Å². The number of nitrogen functional groups attached to an aromatic ring is 1. The fourth-order valence-electron chi connectivity index (χ4n) is 4.02. The third kappa shape index (κ3) is 5.44. The van der Waals surface area contributed by atoms with E-state index < -0.39 is 11.2 Å². The molecule has 9 heteroatoms. The summed E-state index contributed by atoms with van der Waals surface area (Å²) in [6.45, 7) is 6.27. The van der Waals surface area contributed by atoms with Crippen LogP contribution in [0.3, 0.4) is 0 Å². The second-order valence-corrected chi connectivity index (χ2v) is 11.1. The van der Waals surface area contributed by atoms with Crippen molar-refractivity contribution in [2.45, 2.75) is 43.0 Å². The quantitative estimate of drug-likeness (QED) is 0.338. The number of nitrogens with two attached hydrogens (primary N) is 1. The van der Waals surface area contributed by atoms with Crippen LogP contribution in [0.5, 0.6) is 0 Å². The molecule has 0 spiro atoms. The van der Waals surface area contributed by atoms with Crippen LogP contribution in [-0.2, 0) is 22.5 Å². The Hall–Kier alpha value is -3.24. The molecule has 0 bridgehead atoms. The van der Waals surface area contributed by atoms with Gasteiger partial charge >= 0.3 is 0 Å². The van der Waals surface area contributed by atoms with Crippen molar-refractivity contribution in [3.05, 3.63) is 66.4 Å². The molecule has 8 nitrogen and oxygen atoms in total. The van der Waals surface area contributed by atoms with Crippen LogP contribution in [0, 0.1) is 0 Å². The van der Waals surface area contributed by atoms with Gasteiger partial charge in [0.2, 0.25) is 0 Å². The molecule has 3 heterocycles. The minimum absolute atomic E-state index is 0.0549. The largest absolute Gasteiger partial charge is 0.611 e. The lowest BCUT2D eigenvalue weighted by molar-refractivity contribution is 0.190. The van der Waals surface area contributed by atoms with Crippen molar-refractivity contribution < 1.29 is 13.8 Å². The van der Waals surface area contributed by atoms with Gasteiger partial charge in [-0.05, 0) is 61.3 Å². The van der Waals surface area contributed by atoms with Crippen LogP contribution >= 0.6 is 0 Å². The summed E-state index contributed by atoms with van der Waals surface area (Å²) in [6, 6.07) is 18.0. The van der Waals surface area contributed by atoms with Crippen LogP contribution in [0.4, 0.5) is 5.82 Å². The lowest BCUT2D eigenvalue weighted by Gasteiger charge is -2.14. The van der Waals surface area contributed by atoms with Crippen molar-refractivity contribution in [2.24, 2.45) is 0 Å². The fourth-order valence-corrected chi connectivity index (χ4v) is 4.97. The van der Waals surface area contributed by atoms with Gasteiger partial charge in [0.05, 0.1) is 18.5 Å². The summed E-state index contributed by atoms with van der Waals surface area (Å²) in [5.41, 5.74) is 10.9. The highest BCUT2D eigenvalue weighted by Gasteiger charge is 2.18. The van der Waals surface area contributed by atoms with Gasteiger partial charge in [-0.25, -0.2) is 9.97 Å². The van der Waals surface area contributed by atoms with Gasteiger partial charge < -0.3 is 24.9 Å². The summed E-state index contributed by atoms with van der Waals surface area (Å²) in [4.78, 5) is 9.79. The number of hydrogen-bond donors (Lipinski definition) is 2. The molecule has 0 radical (unpaired) electrons. The number of aromatic nitrogens is 3. The highest BCUT2D eigenvalue weighted by atomic mass is 32.2. The minimum atomic E-state index is -1.04. The van der Waals surface area contributed by atoms with Gasteiger partial charge in [0, 0.05) is 36.4 Å². The first kappa shape index (κ1) is 24.5. The fraction of sp³-hybridized carbons (Fsp3) is 0.296. The molecule has 2 aromatic heterocycles. The molecular weight excluding hydrogens is 474 g/mol. The third-order valence-electron chi connectivity index (χ3n) is 6.13. The van der Waals surface area contributed by atoms with Crippen molar-refractivity contribution in [1.29, 1.82) is 0 Å². The molecule has 2 aromatic carbocycles. The van der Waals surface area contributed by atoms with Gasteiger partial charge in [-0.15, -0.1) is 0 Å². The Morgan fingerprint density at radius 2 is 1.81 bits per heavy atom. The topological polar surface area (TPSA) is 122 Å². The van der Waals surface area contributed by atoms with Crippen molar-refractivity contribution >= 4 is 17.0 Å². The predicted octanol–water partition coefficient (Wildman–Crippen LogP) is 4.44. The Morgan fingerprint density at radius 3 is 2.50 bits per heavy atom. The van der Waals surface area contributed by atoms with E-state index in [9.17, 15) is 4.55 Å². The summed E-state index contributed by atoms with van der Waals surface area (Å²) in [7, 11) is 0. The van der Waals surface area contributed by atoms with Gasteiger partial charge in [0.15, 0.2) is 22.2 Å². The van der Waals surface area contributed by atoms with E-state index in [4.69, 9.17) is 15.0 Å². The van der Waals surface area contributed by atoms with E-state index in [0.717, 1.165) is 42.2 Å². The maximum absolute atomic E-state index is 12.3. The summed E-state index contributed by atoms with van der Waals surface area (Å²) >= 11 is -1.04. The molecule has 36 heavy (non-hydrogen) atoms. The second kappa shape index (κ2) is 10.8. The molecule has 1 saturated heterocycles. The summed E-state index contributed by atoms with van der Waals surface area (Å²) < 4.78 is 23.4. The average Bonchev–Trinajstić information content (AvgIpc) is 3.60. The number of nitrogens with one attached hydrogen (secondary N) is 1. The zero-order valence-electron chi connectivity index (χ0n) is 20.3. The molecule has 0 saturated carbocycles. The average molecular weight is 504 g/mol. The molecule has 2 atom stereocenters. The van der Waals surface area contributed by atoms with E-state index in [-0.39, 0.29) is 11.1 Å². The lowest BCUT2D eigenvalue weighted by Crippen LogP contribution is -2.28. The van der Waals surface area contributed by atoms with Crippen LogP contribution in [-0.4, -0.2) is 44.2 Å². The number of hydrogen-bond acceptors (Lipinski definition) is 8. The van der Waals surface area contributed by atoms with Gasteiger partial charge in [-0.3, -0.25) is 0 Å². The van der Waals surface area contributed by atoms with E-state index in [0.29, 0.717) is 28.9 Å². The van der Waals surface area contributed by atoms with Gasteiger partial charge in [0.1, 0.15) is 10.9 Å². The number of ether oxygens (including phenoxy) is 1. The standard InChI is InChI=1S/C27H29N5O3S/c1-17(2)36(33)22-9-7-20(8-10-22)24-15-30-27(28)26(31-24)25-13-23(32-35-25)19-5-3-18(4-6-19)14-29-21-11-12-34-16-21/h3-10,13,15,17,21,29H,11-12,14,16H2,1-2H3,(H2,28,30). The van der Waals surface area contributed by atoms with Crippen LogP contribution in [0.15, 0.2) is 70.2 Å². The summed E-state index contributed by atoms with van der Waals surface area (Å²) in [5.74, 6) is 0.706. The molecule has 1 aliphatic heterocycles. The molecule has 0 amide bonds. The smallest absolute Gasteiger partial charge is 0.189 e. The Morgan fingerprint density at radius 1 is 1.08 bits per heavy atom. The van der Waals surface area contributed by atoms with Crippen LogP contribution < -0.4 is 11.1 Å². The van der Waals surface area contributed by atoms with Crippen LogP contribution in [0.2, 0.25) is 0 Å². The van der Waals surface area contributed by atoms with Gasteiger partial charge in [0.25, 0.3) is 0 Å². The second-order valence-electron chi connectivity index (χ2n) is 9.07. The molecule has 186 valence electrons. The molecular formula is C27H29N5O3S. The summed E-state index contributed by atoms with van der Waals surface area (Å²) in [5, 5.41) is 7.80. The monoisotopic (exact) mass is 503 g/mol. The highest BCUT2D eigenvalue weighted by Crippen LogP contribution is 2.30. The number of rotatable bonds is 8. The van der Waals surface area contributed by atoms with Crippen molar-refractivity contribution in [3.8, 4) is 34.0 Å². The van der Waals surface area contributed by atoms with Crippen molar-refractivity contribution in [2.75, 3.05) is 18.9 Å². The van der Waals surface area contributed by atoms with E-state index in [1.54, 1.807) is 6.20 Å². The third-order valence-corrected chi connectivity index (χ3v) is 7.72. The minimum Gasteiger partial charge on any atom is -0.611 e. The predicted molar refractivity (Wildman–Crippen MR) is 140 cm³/mol. The molecule has 1 aliphatic rings. The van der Waals surface area contributed by atoms with Crippen molar-refractivity contribution in [1.82, 2.24) is 20.4 Å². The zero-order valence-corrected chi connectivity index (χ0v) is 21.1. The Kier molecular flexibility index (Phi) is 7.33. The summed E-state index contributed by atoms with van der Waals surface area (Å²) in [6.07, 6.45) is 2.67. The maximum atomic E-state index is 12.3. The van der Waals surface area contributed by atoms with Gasteiger partial charge in [-0.1, -0.05) is 29.4 Å². The lowest BCUT2D eigenvalue weighted by atomic mass is 10.1.